The molecule has 1 aromatic rings. The molecule has 0 spiro atoms. The number of nitrogens with zero attached hydrogens (tertiary/aromatic N) is 2. The number of hydrogen-bond donors (Lipinski definition) is 1. The van der Waals surface area contributed by atoms with Gasteiger partial charge in [0.15, 0.2) is 0 Å². The quantitative estimate of drug-likeness (QED) is 0.798. The molecule has 2 aliphatic rings. The van der Waals surface area contributed by atoms with Gasteiger partial charge in [-0.1, -0.05) is 25.4 Å². The van der Waals surface area contributed by atoms with Crippen LogP contribution in [0.25, 0.3) is 16.9 Å². The average molecular weight is 316 g/mol. The Morgan fingerprint density at radius 2 is 1.95 bits per heavy atom. The Balaban J connectivity index is 2.21. The Kier molecular flexibility index (Phi) is 3.79. The number of pyridine rings is 1. The summed E-state index contributed by atoms with van der Waals surface area (Å²) in [5, 5.41) is 5.20. The van der Waals surface area contributed by atoms with Crippen LogP contribution < -0.4 is 5.56 Å². The number of fused-ring (bicyclic) bond motifs is 1. The van der Waals surface area contributed by atoms with Gasteiger partial charge in [0.25, 0.3) is 5.56 Å². The third-order valence-electron chi connectivity index (χ3n) is 3.73. The van der Waals surface area contributed by atoms with Crippen molar-refractivity contribution in [3.8, 4) is 16.9 Å². The molecule has 2 heterocycles. The maximum atomic E-state index is 12.6. The van der Waals surface area contributed by atoms with Crippen molar-refractivity contribution in [1.29, 1.82) is 0 Å². The number of H-pyrrole nitrogens is 1. The van der Waals surface area contributed by atoms with Crippen molar-refractivity contribution in [2.75, 3.05) is 0 Å². The lowest BCUT2D eigenvalue weighted by atomic mass is 9.97. The number of rotatable bonds is 3. The molecule has 0 unspecified atom stereocenters. The van der Waals surface area contributed by atoms with Crippen LogP contribution in [0, 0.1) is 12.8 Å². The molecule has 1 aromatic carbocycles. The zero-order valence-corrected chi connectivity index (χ0v) is 13.6. The number of benzene rings is 1. The molecule has 0 radical (unpaired) electrons. The van der Waals surface area contributed by atoms with E-state index in [9.17, 15) is 4.79 Å². The Hall–Kier alpha value is -2.07. The molecule has 0 saturated carbocycles. The van der Waals surface area contributed by atoms with E-state index in [1.807, 2.05) is 6.92 Å². The fourth-order valence-electron chi connectivity index (χ4n) is 2.63. The average Bonchev–Trinajstić information content (AvgIpc) is 2.80. The van der Waals surface area contributed by atoms with Crippen molar-refractivity contribution in [3.05, 3.63) is 57.1 Å². The molecule has 22 heavy (non-hydrogen) atoms. The summed E-state index contributed by atoms with van der Waals surface area (Å²) in [5.41, 5.74) is 4.18. The second kappa shape index (κ2) is 5.61. The van der Waals surface area contributed by atoms with Crippen molar-refractivity contribution in [1.82, 2.24) is 14.8 Å². The van der Waals surface area contributed by atoms with E-state index < -0.39 is 0 Å². The SMILES string of the molecule is Cc1[nH]cc2c(=O)n(-c3ccc(Cl)cc3)nc-2c1CC(C)C. The molecule has 0 saturated heterocycles. The van der Waals surface area contributed by atoms with Gasteiger partial charge in [-0.3, -0.25) is 4.79 Å². The highest BCUT2D eigenvalue weighted by atomic mass is 35.5. The van der Waals surface area contributed by atoms with E-state index in [2.05, 4.69) is 23.9 Å². The number of nitrogens with one attached hydrogen (secondary N) is 1. The van der Waals surface area contributed by atoms with Gasteiger partial charge in [0.2, 0.25) is 0 Å². The number of aromatic nitrogens is 3. The van der Waals surface area contributed by atoms with Gasteiger partial charge in [-0.15, -0.1) is 0 Å². The third kappa shape index (κ3) is 2.55. The van der Waals surface area contributed by atoms with Gasteiger partial charge in [0.1, 0.15) is 5.69 Å². The zero-order valence-electron chi connectivity index (χ0n) is 12.9. The van der Waals surface area contributed by atoms with E-state index in [-0.39, 0.29) is 5.56 Å². The monoisotopic (exact) mass is 315 g/mol. The number of hydrogen-bond acceptors (Lipinski definition) is 2. The fourth-order valence-corrected chi connectivity index (χ4v) is 2.75. The standard InChI is InChI=1S/C17H18ClN3O/c1-10(2)8-14-11(3)19-9-15-16(14)20-21(17(15)22)13-6-4-12(18)5-7-13/h4-7,9-10,19H,8H2,1-3H3. The van der Waals surface area contributed by atoms with Crippen molar-refractivity contribution in [2.45, 2.75) is 27.2 Å². The largest absolute Gasteiger partial charge is 0.364 e. The molecule has 0 bridgehead atoms. The topological polar surface area (TPSA) is 50.7 Å². The van der Waals surface area contributed by atoms with E-state index in [0.29, 0.717) is 16.5 Å². The van der Waals surface area contributed by atoms with Crippen LogP contribution in [-0.4, -0.2) is 14.8 Å². The van der Waals surface area contributed by atoms with E-state index in [4.69, 9.17) is 11.6 Å². The number of halogens is 1. The predicted octanol–water partition coefficient (Wildman–Crippen LogP) is 3.83. The van der Waals surface area contributed by atoms with Gasteiger partial charge in [-0.05, 0) is 49.1 Å². The molecular weight excluding hydrogens is 298 g/mol. The molecule has 0 aromatic heterocycles. The van der Waals surface area contributed by atoms with Crippen molar-refractivity contribution in [3.63, 3.8) is 0 Å². The minimum Gasteiger partial charge on any atom is -0.364 e. The maximum absolute atomic E-state index is 12.6. The van der Waals surface area contributed by atoms with Crippen molar-refractivity contribution >= 4 is 11.6 Å². The Bertz CT molecular complexity index is 830. The molecule has 4 nitrogen and oxygen atoms in total. The molecule has 0 atom stereocenters. The van der Waals surface area contributed by atoms with Gasteiger partial charge in [-0.2, -0.15) is 9.78 Å². The Labute approximate surface area is 134 Å². The summed E-state index contributed by atoms with van der Waals surface area (Å²) in [6.45, 7) is 6.34. The highest BCUT2D eigenvalue weighted by Gasteiger charge is 2.21. The van der Waals surface area contributed by atoms with Gasteiger partial charge in [0.05, 0.1) is 11.3 Å². The van der Waals surface area contributed by atoms with Crippen LogP contribution in [0.3, 0.4) is 0 Å². The summed E-state index contributed by atoms with van der Waals surface area (Å²) in [6.07, 6.45) is 2.63. The molecule has 5 heteroatoms. The normalized spacial score (nSPS) is 11.5. The lowest BCUT2D eigenvalue weighted by molar-refractivity contribution is 0.641. The third-order valence-corrected chi connectivity index (χ3v) is 3.98. The summed E-state index contributed by atoms with van der Waals surface area (Å²) in [7, 11) is 0. The second-order valence-electron chi connectivity index (χ2n) is 5.95. The molecule has 3 rings (SSSR count). The fraction of sp³-hybridized carbons (Fsp3) is 0.294. The Morgan fingerprint density at radius 3 is 2.59 bits per heavy atom. The van der Waals surface area contributed by atoms with Crippen LogP contribution in [0.1, 0.15) is 25.1 Å². The smallest absolute Gasteiger partial charge is 0.282 e. The van der Waals surface area contributed by atoms with Crippen LogP contribution in [0.15, 0.2) is 35.3 Å². The molecular formula is C17H18ClN3O. The predicted molar refractivity (Wildman–Crippen MR) is 89.1 cm³/mol. The Morgan fingerprint density at radius 1 is 1.27 bits per heavy atom. The van der Waals surface area contributed by atoms with Gasteiger partial charge in [-0.25, -0.2) is 0 Å². The van der Waals surface area contributed by atoms with Crippen LogP contribution >= 0.6 is 11.6 Å². The van der Waals surface area contributed by atoms with E-state index in [1.54, 1.807) is 30.5 Å². The summed E-state index contributed by atoms with van der Waals surface area (Å²) >= 11 is 5.91. The summed E-state index contributed by atoms with van der Waals surface area (Å²) in [6, 6.07) is 7.12. The lowest BCUT2D eigenvalue weighted by Gasteiger charge is -2.11. The first-order chi connectivity index (χ1) is 10.5. The maximum Gasteiger partial charge on any atom is 0.282 e. The molecule has 0 amide bonds. The van der Waals surface area contributed by atoms with Gasteiger partial charge >= 0.3 is 0 Å². The number of aryl methyl sites for hydroxylation is 1. The minimum absolute atomic E-state index is 0.112. The van der Waals surface area contributed by atoms with E-state index in [1.165, 1.54) is 4.68 Å². The minimum atomic E-state index is -0.112. The summed E-state index contributed by atoms with van der Waals surface area (Å²) in [5.74, 6) is 0.494. The summed E-state index contributed by atoms with van der Waals surface area (Å²) in [4.78, 5) is 15.8. The number of aromatic amines is 1. The van der Waals surface area contributed by atoms with Crippen molar-refractivity contribution in [2.24, 2.45) is 5.92 Å². The lowest BCUT2D eigenvalue weighted by Crippen LogP contribution is -2.14. The first-order valence-electron chi connectivity index (χ1n) is 7.33. The van der Waals surface area contributed by atoms with Gasteiger partial charge < -0.3 is 4.98 Å². The van der Waals surface area contributed by atoms with Crippen LogP contribution in [-0.2, 0) is 6.42 Å². The second-order valence-corrected chi connectivity index (χ2v) is 6.38. The molecule has 2 aliphatic heterocycles. The highest BCUT2D eigenvalue weighted by Crippen LogP contribution is 2.26. The zero-order chi connectivity index (χ0) is 15.9. The first kappa shape index (κ1) is 14.9. The van der Waals surface area contributed by atoms with E-state index >= 15 is 0 Å². The highest BCUT2D eigenvalue weighted by molar-refractivity contribution is 6.30. The van der Waals surface area contributed by atoms with Crippen LogP contribution in [0.5, 0.6) is 0 Å². The first-order valence-corrected chi connectivity index (χ1v) is 7.71. The van der Waals surface area contributed by atoms with Crippen molar-refractivity contribution < 1.29 is 0 Å². The molecule has 0 aliphatic carbocycles. The molecule has 1 N–H and O–H groups in total. The molecule has 0 fully saturated rings. The molecule has 114 valence electrons. The van der Waals surface area contributed by atoms with E-state index in [0.717, 1.165) is 29.1 Å². The van der Waals surface area contributed by atoms with Gasteiger partial charge in [0, 0.05) is 16.9 Å². The summed E-state index contributed by atoms with van der Waals surface area (Å²) < 4.78 is 1.44. The van der Waals surface area contributed by atoms with Crippen LogP contribution in [0.4, 0.5) is 0 Å². The van der Waals surface area contributed by atoms with Crippen LogP contribution in [0.2, 0.25) is 5.02 Å².